The number of aromatic nitrogens is 1. The van der Waals surface area contributed by atoms with Gasteiger partial charge in [0.15, 0.2) is 0 Å². The molecule has 0 aliphatic heterocycles. The molecule has 8 heteroatoms. The number of halogens is 3. The van der Waals surface area contributed by atoms with Gasteiger partial charge in [-0.2, -0.15) is 13.2 Å². The highest BCUT2D eigenvalue weighted by Gasteiger charge is 2.30. The molecule has 2 N–H and O–H groups in total. The quantitative estimate of drug-likeness (QED) is 0.818. The molecular formula is C16H15F3N2O3. The molecule has 1 heterocycles. The second-order valence-electron chi connectivity index (χ2n) is 5.01. The Morgan fingerprint density at radius 2 is 1.96 bits per heavy atom. The van der Waals surface area contributed by atoms with Gasteiger partial charge in [-0.15, -0.1) is 0 Å². The summed E-state index contributed by atoms with van der Waals surface area (Å²) in [6.07, 6.45) is -2.97. The van der Waals surface area contributed by atoms with E-state index in [0.717, 1.165) is 22.8 Å². The number of aliphatic hydroxyl groups is 1. The fraction of sp³-hybridized carbons (Fsp3) is 0.250. The molecule has 0 fully saturated rings. The fourth-order valence-electron chi connectivity index (χ4n) is 2.04. The summed E-state index contributed by atoms with van der Waals surface area (Å²) in [7, 11) is 0. The highest BCUT2D eigenvalue weighted by Crippen LogP contribution is 2.30. The summed E-state index contributed by atoms with van der Waals surface area (Å²) in [4.78, 5) is 23.9. The SMILES string of the molecule is O=C(NCCCO)c1ccc(=O)n(-c2cccc(C(F)(F)F)c2)c1. The van der Waals surface area contributed by atoms with Gasteiger partial charge in [-0.1, -0.05) is 6.07 Å². The highest BCUT2D eigenvalue weighted by molar-refractivity contribution is 5.93. The predicted molar refractivity (Wildman–Crippen MR) is 81.1 cm³/mol. The number of rotatable bonds is 5. The molecule has 1 aromatic heterocycles. The Balaban J connectivity index is 2.36. The Morgan fingerprint density at radius 3 is 2.62 bits per heavy atom. The van der Waals surface area contributed by atoms with Crippen LogP contribution in [0.5, 0.6) is 0 Å². The molecular weight excluding hydrogens is 325 g/mol. The summed E-state index contributed by atoms with van der Waals surface area (Å²) in [5.74, 6) is -0.482. The number of aliphatic hydroxyl groups excluding tert-OH is 1. The van der Waals surface area contributed by atoms with Crippen molar-refractivity contribution in [2.24, 2.45) is 0 Å². The van der Waals surface area contributed by atoms with Gasteiger partial charge >= 0.3 is 6.18 Å². The van der Waals surface area contributed by atoms with Crippen LogP contribution in [0.4, 0.5) is 13.2 Å². The van der Waals surface area contributed by atoms with E-state index in [-0.39, 0.29) is 24.4 Å². The minimum Gasteiger partial charge on any atom is -0.396 e. The molecule has 0 saturated carbocycles. The third kappa shape index (κ3) is 4.23. The topological polar surface area (TPSA) is 71.3 Å². The monoisotopic (exact) mass is 340 g/mol. The number of hydrogen-bond acceptors (Lipinski definition) is 3. The van der Waals surface area contributed by atoms with Gasteiger partial charge in [0.1, 0.15) is 0 Å². The normalized spacial score (nSPS) is 11.3. The van der Waals surface area contributed by atoms with Crippen molar-refractivity contribution in [1.29, 1.82) is 0 Å². The van der Waals surface area contributed by atoms with Crippen LogP contribution in [0.1, 0.15) is 22.3 Å². The second-order valence-corrected chi connectivity index (χ2v) is 5.01. The summed E-state index contributed by atoms with van der Waals surface area (Å²) < 4.78 is 39.4. The van der Waals surface area contributed by atoms with Gasteiger partial charge in [0.25, 0.3) is 11.5 Å². The maximum absolute atomic E-state index is 12.8. The fourth-order valence-corrected chi connectivity index (χ4v) is 2.04. The second kappa shape index (κ2) is 7.31. The van der Waals surface area contributed by atoms with Crippen LogP contribution in [0, 0.1) is 0 Å². The van der Waals surface area contributed by atoms with Crippen LogP contribution in [0.25, 0.3) is 5.69 Å². The average Bonchev–Trinajstić information content (AvgIpc) is 2.54. The molecule has 0 aliphatic rings. The minimum absolute atomic E-state index is 0.0137. The van der Waals surface area contributed by atoms with Gasteiger partial charge in [0.05, 0.1) is 11.1 Å². The summed E-state index contributed by atoms with van der Waals surface area (Å²) in [5.41, 5.74) is -1.30. The lowest BCUT2D eigenvalue weighted by molar-refractivity contribution is -0.137. The number of benzene rings is 1. The molecule has 1 aromatic carbocycles. The van der Waals surface area contributed by atoms with Crippen LogP contribution in [-0.4, -0.2) is 28.7 Å². The van der Waals surface area contributed by atoms with Crippen LogP contribution in [0.2, 0.25) is 0 Å². The van der Waals surface area contributed by atoms with E-state index < -0.39 is 23.2 Å². The number of carbonyl (C=O) groups excluding carboxylic acids is 1. The van der Waals surface area contributed by atoms with Gasteiger partial charge < -0.3 is 10.4 Å². The zero-order valence-electron chi connectivity index (χ0n) is 12.5. The Kier molecular flexibility index (Phi) is 5.40. The van der Waals surface area contributed by atoms with Crippen molar-refractivity contribution >= 4 is 5.91 Å². The van der Waals surface area contributed by atoms with Gasteiger partial charge in [-0.05, 0) is 30.7 Å². The van der Waals surface area contributed by atoms with E-state index in [1.165, 1.54) is 24.4 Å². The zero-order chi connectivity index (χ0) is 17.7. The standard InChI is InChI=1S/C16H15F3N2O3/c17-16(18,19)12-3-1-4-13(9-12)21-10-11(5-6-14(21)23)15(24)20-7-2-8-22/h1,3-6,9-10,22H,2,7-8H2,(H,20,24). The third-order valence-corrected chi connectivity index (χ3v) is 3.25. The average molecular weight is 340 g/mol. The van der Waals surface area contributed by atoms with Crippen molar-refractivity contribution in [2.45, 2.75) is 12.6 Å². The molecule has 2 rings (SSSR count). The number of carbonyl (C=O) groups is 1. The first-order chi connectivity index (χ1) is 11.3. The number of amides is 1. The van der Waals surface area contributed by atoms with E-state index in [0.29, 0.717) is 6.42 Å². The molecule has 0 spiro atoms. The van der Waals surface area contributed by atoms with E-state index in [1.54, 1.807) is 0 Å². The molecule has 0 bridgehead atoms. The number of nitrogens with one attached hydrogen (secondary N) is 1. The van der Waals surface area contributed by atoms with Gasteiger partial charge in [0, 0.05) is 31.1 Å². The Labute approximate surface area is 135 Å². The first-order valence-corrected chi connectivity index (χ1v) is 7.12. The molecule has 0 aliphatic carbocycles. The first-order valence-electron chi connectivity index (χ1n) is 7.12. The number of nitrogens with zero attached hydrogens (tertiary/aromatic N) is 1. The van der Waals surface area contributed by atoms with E-state index in [4.69, 9.17) is 5.11 Å². The molecule has 1 amide bonds. The van der Waals surface area contributed by atoms with E-state index >= 15 is 0 Å². The third-order valence-electron chi connectivity index (χ3n) is 3.25. The molecule has 0 unspecified atom stereocenters. The Hall–Kier alpha value is -2.61. The molecule has 0 saturated heterocycles. The molecule has 0 atom stereocenters. The number of pyridine rings is 1. The van der Waals surface area contributed by atoms with Crippen LogP contribution >= 0.6 is 0 Å². The van der Waals surface area contributed by atoms with E-state index in [2.05, 4.69) is 5.32 Å². The highest BCUT2D eigenvalue weighted by atomic mass is 19.4. The van der Waals surface area contributed by atoms with Crippen LogP contribution < -0.4 is 10.9 Å². The maximum atomic E-state index is 12.8. The van der Waals surface area contributed by atoms with Crippen LogP contribution in [0.3, 0.4) is 0 Å². The van der Waals surface area contributed by atoms with Crippen molar-refractivity contribution in [1.82, 2.24) is 9.88 Å². The largest absolute Gasteiger partial charge is 0.416 e. The molecule has 128 valence electrons. The number of alkyl halides is 3. The molecule has 24 heavy (non-hydrogen) atoms. The van der Waals surface area contributed by atoms with Crippen LogP contribution in [0.15, 0.2) is 47.4 Å². The van der Waals surface area contributed by atoms with Gasteiger partial charge in [-0.25, -0.2) is 0 Å². The number of hydrogen-bond donors (Lipinski definition) is 2. The lowest BCUT2D eigenvalue weighted by atomic mass is 10.2. The summed E-state index contributed by atoms with van der Waals surface area (Å²) >= 11 is 0. The van der Waals surface area contributed by atoms with Crippen LogP contribution in [-0.2, 0) is 6.18 Å². The van der Waals surface area contributed by atoms with Gasteiger partial charge in [-0.3, -0.25) is 14.2 Å². The summed E-state index contributed by atoms with van der Waals surface area (Å²) in [6, 6.07) is 6.69. The molecule has 5 nitrogen and oxygen atoms in total. The van der Waals surface area contributed by atoms with Crippen molar-refractivity contribution in [3.8, 4) is 5.69 Å². The lowest BCUT2D eigenvalue weighted by Gasteiger charge is -2.11. The predicted octanol–water partition coefficient (Wildman–Crippen LogP) is 1.97. The molecule has 0 radical (unpaired) electrons. The summed E-state index contributed by atoms with van der Waals surface area (Å²) in [6.45, 7) is 0.169. The Morgan fingerprint density at radius 1 is 1.21 bits per heavy atom. The zero-order valence-corrected chi connectivity index (χ0v) is 12.5. The first kappa shape index (κ1) is 17.7. The maximum Gasteiger partial charge on any atom is 0.416 e. The van der Waals surface area contributed by atoms with Crippen molar-refractivity contribution in [2.75, 3.05) is 13.2 Å². The van der Waals surface area contributed by atoms with E-state index in [9.17, 15) is 22.8 Å². The minimum atomic E-state index is -4.53. The van der Waals surface area contributed by atoms with Crippen molar-refractivity contribution < 1.29 is 23.1 Å². The summed E-state index contributed by atoms with van der Waals surface area (Å²) in [5, 5.41) is 11.2. The van der Waals surface area contributed by atoms with Crippen molar-refractivity contribution in [3.63, 3.8) is 0 Å². The molecule has 2 aromatic rings. The lowest BCUT2D eigenvalue weighted by Crippen LogP contribution is -2.27. The Bertz CT molecular complexity index is 785. The van der Waals surface area contributed by atoms with E-state index in [1.807, 2.05) is 0 Å². The smallest absolute Gasteiger partial charge is 0.396 e. The van der Waals surface area contributed by atoms with Crippen molar-refractivity contribution in [3.05, 3.63) is 64.1 Å². The van der Waals surface area contributed by atoms with Gasteiger partial charge in [0.2, 0.25) is 0 Å².